The number of carbonyl (C=O) groups excluding carboxylic acids is 1. The molecule has 1 amide bonds. The highest BCUT2D eigenvalue weighted by molar-refractivity contribution is 7.89. The Bertz CT molecular complexity index is 1440. The number of benzene rings is 3. The number of hydrogen-bond acceptors (Lipinski definition) is 5. The van der Waals surface area contributed by atoms with Gasteiger partial charge < -0.3 is 15.7 Å². The molecule has 1 fully saturated rings. The molecule has 3 aromatic rings. The highest BCUT2D eigenvalue weighted by Crippen LogP contribution is 2.24. The van der Waals surface area contributed by atoms with Crippen LogP contribution in [0.3, 0.4) is 0 Å². The molecule has 1 aliphatic heterocycles. The number of fused-ring (bicyclic) bond motifs is 1. The number of hydrogen-bond donors (Lipinski definition) is 4. The van der Waals surface area contributed by atoms with Crippen molar-refractivity contribution in [2.45, 2.75) is 30.1 Å². The van der Waals surface area contributed by atoms with Crippen LogP contribution in [0.4, 0.5) is 13.2 Å². The highest BCUT2D eigenvalue weighted by Gasteiger charge is 2.38. The first-order valence-electron chi connectivity index (χ1n) is 10.8. The van der Waals surface area contributed by atoms with Crippen molar-refractivity contribution >= 4 is 38.5 Å². The van der Waals surface area contributed by atoms with Crippen molar-refractivity contribution in [3.8, 4) is 0 Å². The molecule has 1 aliphatic rings. The van der Waals surface area contributed by atoms with E-state index in [1.54, 1.807) is 47.4 Å². The molecule has 1 atom stereocenters. The molecule has 1 heterocycles. The van der Waals surface area contributed by atoms with Crippen molar-refractivity contribution < 1.29 is 36.3 Å². The smallest absolute Gasteiger partial charge is 0.475 e. The Morgan fingerprint density at radius 1 is 1.11 bits per heavy atom. The fourth-order valence-corrected chi connectivity index (χ4v) is 5.20. The number of sulfonamides is 1. The standard InChI is InChI=1S/C22H22N4O3S.C2HF3O2/c23-21(24)17-8-3-5-15(13-17)14-26-12-11-19(22(26)27)25-30(28,29)20-10-4-7-16-6-1-2-9-18(16)20;3-2(4,5)1(6)7/h1-10,13,19,25H,11-12,14H2,(H3,23,24);(H,6,7)/t19-;/m0./s1. The van der Waals surface area contributed by atoms with Crippen LogP contribution in [0.1, 0.15) is 17.5 Å². The Kier molecular flexibility index (Phi) is 8.18. The van der Waals surface area contributed by atoms with Gasteiger partial charge in [0.15, 0.2) is 0 Å². The summed E-state index contributed by atoms with van der Waals surface area (Å²) < 4.78 is 60.3. The SMILES string of the molecule is N=C(N)c1cccc(CN2CC[C@H](NS(=O)(=O)c3cccc4ccccc34)C2=O)c1.O=C(O)C(F)(F)F. The quantitative estimate of drug-likeness (QED) is 0.281. The number of amidine groups is 1. The molecule has 0 spiro atoms. The molecule has 13 heteroatoms. The first kappa shape index (κ1) is 27.6. The second-order valence-electron chi connectivity index (χ2n) is 8.12. The lowest BCUT2D eigenvalue weighted by Crippen LogP contribution is -2.41. The average Bonchev–Trinajstić information content (AvgIpc) is 3.16. The van der Waals surface area contributed by atoms with Crippen LogP contribution in [0.15, 0.2) is 71.6 Å². The number of nitrogens with two attached hydrogens (primary N) is 1. The van der Waals surface area contributed by atoms with Crippen molar-refractivity contribution in [3.05, 3.63) is 77.9 Å². The second kappa shape index (κ2) is 11.0. The zero-order valence-corrected chi connectivity index (χ0v) is 20.0. The second-order valence-corrected chi connectivity index (χ2v) is 9.80. The molecule has 5 N–H and O–H groups in total. The first-order valence-corrected chi connectivity index (χ1v) is 12.3. The first-order chi connectivity index (χ1) is 17.3. The van der Waals surface area contributed by atoms with Gasteiger partial charge in [-0.15, -0.1) is 0 Å². The van der Waals surface area contributed by atoms with E-state index in [4.69, 9.17) is 21.0 Å². The van der Waals surface area contributed by atoms with Gasteiger partial charge in [-0.2, -0.15) is 17.9 Å². The average molecular weight is 537 g/mol. The molecule has 3 aromatic carbocycles. The molecule has 0 saturated carbocycles. The minimum atomic E-state index is -5.08. The number of nitrogen functional groups attached to an aromatic ring is 1. The summed E-state index contributed by atoms with van der Waals surface area (Å²) in [5, 5.41) is 16.1. The lowest BCUT2D eigenvalue weighted by atomic mass is 10.1. The van der Waals surface area contributed by atoms with Gasteiger partial charge in [0.1, 0.15) is 11.9 Å². The van der Waals surface area contributed by atoms with Gasteiger partial charge in [0, 0.05) is 24.0 Å². The molecule has 9 nitrogen and oxygen atoms in total. The van der Waals surface area contributed by atoms with Gasteiger partial charge in [0.2, 0.25) is 15.9 Å². The Morgan fingerprint density at radius 3 is 2.38 bits per heavy atom. The Hall–Kier alpha value is -3.97. The zero-order chi connectivity index (χ0) is 27.4. The molecule has 1 saturated heterocycles. The molecule has 0 unspecified atom stereocenters. The van der Waals surface area contributed by atoms with Crippen LogP contribution in [0.5, 0.6) is 0 Å². The molecule has 37 heavy (non-hydrogen) atoms. The third kappa shape index (κ3) is 6.83. The number of carboxylic acids is 1. The molecule has 0 aliphatic carbocycles. The van der Waals surface area contributed by atoms with Crippen LogP contribution in [-0.4, -0.2) is 54.9 Å². The summed E-state index contributed by atoms with van der Waals surface area (Å²) in [6, 6.07) is 18.7. The van der Waals surface area contributed by atoms with Crippen LogP contribution in [0.25, 0.3) is 10.8 Å². The van der Waals surface area contributed by atoms with Gasteiger partial charge in [-0.1, -0.05) is 54.6 Å². The topological polar surface area (TPSA) is 154 Å². The van der Waals surface area contributed by atoms with Crippen LogP contribution in [0.2, 0.25) is 0 Å². The number of carbonyl (C=O) groups is 2. The van der Waals surface area contributed by atoms with E-state index in [-0.39, 0.29) is 16.6 Å². The minimum Gasteiger partial charge on any atom is -0.475 e. The van der Waals surface area contributed by atoms with Crippen molar-refractivity contribution in [2.75, 3.05) is 6.54 Å². The number of halogens is 3. The van der Waals surface area contributed by atoms with Crippen molar-refractivity contribution in [1.82, 2.24) is 9.62 Å². The number of likely N-dealkylation sites (tertiary alicyclic amines) is 1. The Balaban J connectivity index is 0.000000479. The van der Waals surface area contributed by atoms with Crippen LogP contribution >= 0.6 is 0 Å². The third-order valence-corrected chi connectivity index (χ3v) is 7.02. The maximum absolute atomic E-state index is 13.0. The minimum absolute atomic E-state index is 0.0367. The predicted octanol–water partition coefficient (Wildman–Crippen LogP) is 2.84. The zero-order valence-electron chi connectivity index (χ0n) is 19.2. The van der Waals surface area contributed by atoms with E-state index >= 15 is 0 Å². The van der Waals surface area contributed by atoms with Gasteiger partial charge in [0.05, 0.1) is 4.90 Å². The molecule has 0 radical (unpaired) electrons. The van der Waals surface area contributed by atoms with E-state index in [2.05, 4.69) is 4.72 Å². The number of carboxylic acid groups (broad SMARTS) is 1. The van der Waals surface area contributed by atoms with Crippen molar-refractivity contribution in [3.63, 3.8) is 0 Å². The Morgan fingerprint density at radius 2 is 1.73 bits per heavy atom. The summed E-state index contributed by atoms with van der Waals surface area (Å²) >= 11 is 0. The van der Waals surface area contributed by atoms with E-state index in [1.807, 2.05) is 24.3 Å². The Labute approximate surface area is 210 Å². The molecule has 196 valence electrons. The van der Waals surface area contributed by atoms with Gasteiger partial charge in [-0.05, 0) is 29.5 Å². The number of alkyl halides is 3. The van der Waals surface area contributed by atoms with E-state index in [0.717, 1.165) is 10.9 Å². The summed E-state index contributed by atoms with van der Waals surface area (Å²) in [5.41, 5.74) is 6.96. The van der Waals surface area contributed by atoms with Gasteiger partial charge >= 0.3 is 12.1 Å². The van der Waals surface area contributed by atoms with Crippen molar-refractivity contribution in [1.29, 1.82) is 5.41 Å². The molecular weight excluding hydrogens is 513 g/mol. The van der Waals surface area contributed by atoms with Crippen LogP contribution < -0.4 is 10.5 Å². The lowest BCUT2D eigenvalue weighted by molar-refractivity contribution is -0.192. The van der Waals surface area contributed by atoms with Gasteiger partial charge in [0.25, 0.3) is 0 Å². The highest BCUT2D eigenvalue weighted by atomic mass is 32.2. The van der Waals surface area contributed by atoms with Crippen LogP contribution in [0, 0.1) is 5.41 Å². The molecule has 0 bridgehead atoms. The summed E-state index contributed by atoms with van der Waals surface area (Å²) in [4.78, 5) is 23.5. The third-order valence-electron chi connectivity index (χ3n) is 5.49. The largest absolute Gasteiger partial charge is 0.490 e. The monoisotopic (exact) mass is 536 g/mol. The van der Waals surface area contributed by atoms with Gasteiger partial charge in [-0.25, -0.2) is 13.2 Å². The summed E-state index contributed by atoms with van der Waals surface area (Å²) in [5.74, 6) is -3.05. The number of amides is 1. The van der Waals surface area contributed by atoms with E-state index in [1.165, 1.54) is 0 Å². The summed E-state index contributed by atoms with van der Waals surface area (Å²) in [6.07, 6.45) is -4.69. The number of aliphatic carboxylic acids is 1. The molecule has 4 rings (SSSR count). The fraction of sp³-hybridized carbons (Fsp3) is 0.208. The maximum Gasteiger partial charge on any atom is 0.490 e. The van der Waals surface area contributed by atoms with E-state index < -0.39 is 28.2 Å². The lowest BCUT2D eigenvalue weighted by Gasteiger charge is -2.18. The van der Waals surface area contributed by atoms with Crippen molar-refractivity contribution in [2.24, 2.45) is 5.73 Å². The predicted molar refractivity (Wildman–Crippen MR) is 129 cm³/mol. The molecule has 0 aromatic heterocycles. The number of rotatable bonds is 6. The number of nitrogens with one attached hydrogen (secondary N) is 2. The molecular formula is C24H23F3N4O5S. The maximum atomic E-state index is 13.0. The van der Waals surface area contributed by atoms with E-state index in [0.29, 0.717) is 30.5 Å². The summed E-state index contributed by atoms with van der Waals surface area (Å²) in [6.45, 7) is 0.790. The van der Waals surface area contributed by atoms with E-state index in [9.17, 15) is 26.4 Å². The normalized spacial score (nSPS) is 15.8. The summed E-state index contributed by atoms with van der Waals surface area (Å²) in [7, 11) is -3.86. The number of nitrogens with zero attached hydrogens (tertiary/aromatic N) is 1. The van der Waals surface area contributed by atoms with Crippen LogP contribution in [-0.2, 0) is 26.2 Å². The fourth-order valence-electron chi connectivity index (χ4n) is 3.74. The van der Waals surface area contributed by atoms with Gasteiger partial charge in [-0.3, -0.25) is 10.2 Å².